The van der Waals surface area contributed by atoms with Gasteiger partial charge in [-0.1, -0.05) is 23.7 Å². The van der Waals surface area contributed by atoms with Gasteiger partial charge in [0.25, 0.3) is 0 Å². The van der Waals surface area contributed by atoms with Crippen LogP contribution in [0.1, 0.15) is 18.4 Å². The minimum atomic E-state index is 0.0434. The lowest BCUT2D eigenvalue weighted by molar-refractivity contribution is -0.121. The van der Waals surface area contributed by atoms with Crippen LogP contribution in [-0.4, -0.2) is 30.7 Å². The molecule has 0 aliphatic carbocycles. The summed E-state index contributed by atoms with van der Waals surface area (Å²) in [6.07, 6.45) is 1.73. The van der Waals surface area contributed by atoms with Gasteiger partial charge in [0.2, 0.25) is 12.7 Å². The van der Waals surface area contributed by atoms with E-state index in [-0.39, 0.29) is 18.6 Å². The zero-order valence-electron chi connectivity index (χ0n) is 14.4. The Hall–Kier alpha value is -2.24. The van der Waals surface area contributed by atoms with Crippen molar-refractivity contribution in [1.29, 1.82) is 0 Å². The van der Waals surface area contributed by atoms with Crippen molar-refractivity contribution >= 4 is 23.2 Å². The lowest BCUT2D eigenvalue weighted by Gasteiger charge is -2.31. The van der Waals surface area contributed by atoms with Gasteiger partial charge in [-0.15, -0.1) is 0 Å². The molecular weight excluding hydrogens is 352 g/mol. The summed E-state index contributed by atoms with van der Waals surface area (Å²) in [5.74, 6) is 1.52. The van der Waals surface area contributed by atoms with Crippen LogP contribution in [0.4, 0.5) is 5.69 Å². The zero-order valence-corrected chi connectivity index (χ0v) is 15.2. The van der Waals surface area contributed by atoms with Gasteiger partial charge in [0, 0.05) is 29.2 Å². The molecule has 0 aromatic heterocycles. The molecule has 0 saturated carbocycles. The van der Waals surface area contributed by atoms with Gasteiger partial charge in [0.05, 0.1) is 0 Å². The lowest BCUT2D eigenvalue weighted by atomic mass is 9.95. The highest BCUT2D eigenvalue weighted by Crippen LogP contribution is 2.34. The predicted octanol–water partition coefficient (Wildman–Crippen LogP) is 3.92. The monoisotopic (exact) mass is 372 g/mol. The maximum atomic E-state index is 12.6. The fourth-order valence-corrected chi connectivity index (χ4v) is 3.55. The third-order valence-electron chi connectivity index (χ3n) is 4.92. The topological polar surface area (TPSA) is 50.8 Å². The molecule has 1 amide bonds. The first kappa shape index (κ1) is 17.2. The van der Waals surface area contributed by atoms with Crippen molar-refractivity contribution in [3.05, 3.63) is 53.1 Å². The Kier molecular flexibility index (Phi) is 5.00. The van der Waals surface area contributed by atoms with Crippen molar-refractivity contribution < 1.29 is 14.3 Å². The number of nitrogens with one attached hydrogen (secondary N) is 1. The van der Waals surface area contributed by atoms with Gasteiger partial charge >= 0.3 is 0 Å². The zero-order chi connectivity index (χ0) is 17.9. The van der Waals surface area contributed by atoms with Crippen LogP contribution < -0.4 is 14.8 Å². The highest BCUT2D eigenvalue weighted by molar-refractivity contribution is 6.30. The molecule has 2 aliphatic heterocycles. The van der Waals surface area contributed by atoms with Crippen LogP contribution in [-0.2, 0) is 11.3 Å². The summed E-state index contributed by atoms with van der Waals surface area (Å²) in [7, 11) is 0. The average molecular weight is 373 g/mol. The van der Waals surface area contributed by atoms with Crippen molar-refractivity contribution in [2.24, 2.45) is 5.92 Å². The number of amides is 1. The standard InChI is InChI=1S/C20H21ClN2O3/c21-16-3-1-14(2-4-16)12-23-9-7-15(8-10-23)20(24)22-17-5-6-18-19(11-17)26-13-25-18/h1-6,11,15H,7-10,12-13H2,(H,22,24). The molecule has 2 aromatic rings. The number of rotatable bonds is 4. The van der Waals surface area contributed by atoms with Crippen molar-refractivity contribution in [3.8, 4) is 11.5 Å². The molecular formula is C20H21ClN2O3. The molecule has 0 spiro atoms. The number of nitrogens with zero attached hydrogens (tertiary/aromatic N) is 1. The minimum Gasteiger partial charge on any atom is -0.454 e. The van der Waals surface area contributed by atoms with Crippen LogP contribution >= 0.6 is 11.6 Å². The number of piperidine rings is 1. The number of fused-ring (bicyclic) bond motifs is 1. The maximum absolute atomic E-state index is 12.6. The van der Waals surface area contributed by atoms with Gasteiger partial charge < -0.3 is 14.8 Å². The Morgan fingerprint density at radius 3 is 2.58 bits per heavy atom. The number of carbonyl (C=O) groups is 1. The number of hydrogen-bond acceptors (Lipinski definition) is 4. The molecule has 2 heterocycles. The molecule has 26 heavy (non-hydrogen) atoms. The van der Waals surface area contributed by atoms with E-state index >= 15 is 0 Å². The van der Waals surface area contributed by atoms with E-state index < -0.39 is 0 Å². The van der Waals surface area contributed by atoms with Crippen LogP contribution in [0.25, 0.3) is 0 Å². The van der Waals surface area contributed by atoms with Crippen LogP contribution in [0.3, 0.4) is 0 Å². The highest BCUT2D eigenvalue weighted by atomic mass is 35.5. The van der Waals surface area contributed by atoms with Crippen molar-refractivity contribution in [2.45, 2.75) is 19.4 Å². The highest BCUT2D eigenvalue weighted by Gasteiger charge is 2.25. The Bertz CT molecular complexity index is 786. The SMILES string of the molecule is O=C(Nc1ccc2c(c1)OCO2)C1CCN(Cc2ccc(Cl)cc2)CC1. The number of hydrogen-bond donors (Lipinski definition) is 1. The van der Waals surface area contributed by atoms with Gasteiger partial charge in [-0.25, -0.2) is 0 Å². The molecule has 136 valence electrons. The normalized spacial score (nSPS) is 17.3. The molecule has 5 nitrogen and oxygen atoms in total. The molecule has 0 radical (unpaired) electrons. The van der Waals surface area contributed by atoms with Crippen molar-refractivity contribution in [3.63, 3.8) is 0 Å². The fraction of sp³-hybridized carbons (Fsp3) is 0.350. The first-order valence-electron chi connectivity index (χ1n) is 8.85. The smallest absolute Gasteiger partial charge is 0.231 e. The van der Waals surface area contributed by atoms with E-state index in [1.807, 2.05) is 30.3 Å². The lowest BCUT2D eigenvalue weighted by Crippen LogP contribution is -2.37. The average Bonchev–Trinajstić information content (AvgIpc) is 3.12. The molecule has 0 unspecified atom stereocenters. The van der Waals surface area contributed by atoms with Gasteiger partial charge in [-0.05, 0) is 55.8 Å². The quantitative estimate of drug-likeness (QED) is 0.883. The van der Waals surface area contributed by atoms with Gasteiger partial charge in [0.15, 0.2) is 11.5 Å². The second kappa shape index (κ2) is 7.56. The van der Waals surface area contributed by atoms with E-state index in [1.165, 1.54) is 5.56 Å². The van der Waals surface area contributed by atoms with Crippen LogP contribution in [0.5, 0.6) is 11.5 Å². The van der Waals surface area contributed by atoms with Crippen molar-refractivity contribution in [1.82, 2.24) is 4.90 Å². The Morgan fingerprint density at radius 2 is 1.81 bits per heavy atom. The maximum Gasteiger partial charge on any atom is 0.231 e. The van der Waals surface area contributed by atoms with Crippen molar-refractivity contribution in [2.75, 3.05) is 25.2 Å². The molecule has 1 saturated heterocycles. The van der Waals surface area contributed by atoms with Crippen LogP contribution in [0.2, 0.25) is 5.02 Å². The summed E-state index contributed by atoms with van der Waals surface area (Å²) in [4.78, 5) is 14.9. The first-order chi connectivity index (χ1) is 12.7. The summed E-state index contributed by atoms with van der Waals surface area (Å²) in [5, 5.41) is 3.76. The Balaban J connectivity index is 1.28. The first-order valence-corrected chi connectivity index (χ1v) is 9.22. The third kappa shape index (κ3) is 3.94. The van der Waals surface area contributed by atoms with Crippen LogP contribution in [0.15, 0.2) is 42.5 Å². The second-order valence-electron chi connectivity index (χ2n) is 6.73. The van der Waals surface area contributed by atoms with E-state index in [0.29, 0.717) is 5.75 Å². The molecule has 2 aliphatic rings. The predicted molar refractivity (Wildman–Crippen MR) is 101 cm³/mol. The van der Waals surface area contributed by atoms with E-state index in [1.54, 1.807) is 0 Å². The summed E-state index contributed by atoms with van der Waals surface area (Å²) < 4.78 is 10.6. The number of benzene rings is 2. The van der Waals surface area contributed by atoms with Crippen LogP contribution in [0, 0.1) is 5.92 Å². The summed E-state index contributed by atoms with van der Waals surface area (Å²) in [6, 6.07) is 13.4. The van der Waals surface area contributed by atoms with Gasteiger partial charge in [-0.3, -0.25) is 9.69 Å². The van der Waals surface area contributed by atoms with E-state index in [4.69, 9.17) is 21.1 Å². The minimum absolute atomic E-state index is 0.0434. The summed E-state index contributed by atoms with van der Waals surface area (Å²) >= 11 is 5.93. The molecule has 1 fully saturated rings. The second-order valence-corrected chi connectivity index (χ2v) is 7.17. The fourth-order valence-electron chi connectivity index (χ4n) is 3.42. The Labute approximate surface area is 157 Å². The number of anilines is 1. The third-order valence-corrected chi connectivity index (χ3v) is 5.17. The molecule has 1 N–H and O–H groups in total. The number of halogens is 1. The number of ether oxygens (including phenoxy) is 2. The van der Waals surface area contributed by atoms with Gasteiger partial charge in [-0.2, -0.15) is 0 Å². The number of likely N-dealkylation sites (tertiary alicyclic amines) is 1. The number of carbonyl (C=O) groups excluding carboxylic acids is 1. The largest absolute Gasteiger partial charge is 0.454 e. The van der Waals surface area contributed by atoms with E-state index in [2.05, 4.69) is 22.3 Å². The molecule has 2 aromatic carbocycles. The molecule has 0 atom stereocenters. The summed E-state index contributed by atoms with van der Waals surface area (Å²) in [5.41, 5.74) is 2.00. The Morgan fingerprint density at radius 1 is 1.08 bits per heavy atom. The van der Waals surface area contributed by atoms with E-state index in [9.17, 15) is 4.79 Å². The van der Waals surface area contributed by atoms with Gasteiger partial charge in [0.1, 0.15) is 0 Å². The van der Waals surface area contributed by atoms with E-state index in [0.717, 1.165) is 48.9 Å². The molecule has 4 rings (SSSR count). The molecule has 0 bridgehead atoms. The molecule has 6 heteroatoms. The summed E-state index contributed by atoms with van der Waals surface area (Å²) in [6.45, 7) is 2.97.